The minimum absolute atomic E-state index is 0.404. The lowest BCUT2D eigenvalue weighted by Gasteiger charge is -2.22. The Hall–Kier alpha value is -2.50. The summed E-state index contributed by atoms with van der Waals surface area (Å²) in [5.74, 6) is 0.794. The zero-order chi connectivity index (χ0) is 14.1. The summed E-state index contributed by atoms with van der Waals surface area (Å²) in [4.78, 5) is 12.4. The van der Waals surface area contributed by atoms with Crippen LogP contribution in [0.4, 0.5) is 4.79 Å². The molecule has 20 heavy (non-hydrogen) atoms. The van der Waals surface area contributed by atoms with Crippen LogP contribution in [-0.2, 0) is 13.0 Å². The topological polar surface area (TPSA) is 67.6 Å². The van der Waals surface area contributed by atoms with Crippen molar-refractivity contribution in [3.63, 3.8) is 0 Å². The average Bonchev–Trinajstić information content (AvgIpc) is 2.90. The molecule has 1 aromatic heterocycles. The number of aromatic nitrogens is 2. The van der Waals surface area contributed by atoms with Crippen LogP contribution in [0.1, 0.15) is 11.3 Å². The lowest BCUT2D eigenvalue weighted by Crippen LogP contribution is -2.34. The van der Waals surface area contributed by atoms with Crippen LogP contribution in [0.25, 0.3) is 5.69 Å². The van der Waals surface area contributed by atoms with Gasteiger partial charge < -0.3 is 14.7 Å². The van der Waals surface area contributed by atoms with E-state index in [-0.39, 0.29) is 0 Å². The third kappa shape index (κ3) is 2.20. The van der Waals surface area contributed by atoms with Gasteiger partial charge in [0.05, 0.1) is 25.0 Å². The fourth-order valence-corrected chi connectivity index (χ4v) is 2.34. The van der Waals surface area contributed by atoms with Crippen molar-refractivity contribution in [1.82, 2.24) is 14.7 Å². The highest BCUT2D eigenvalue weighted by Crippen LogP contribution is 2.21. The van der Waals surface area contributed by atoms with Gasteiger partial charge >= 0.3 is 6.09 Å². The molecule has 0 unspecified atom stereocenters. The van der Waals surface area contributed by atoms with Crippen molar-refractivity contribution in [2.24, 2.45) is 0 Å². The maximum absolute atomic E-state index is 11.0. The van der Waals surface area contributed by atoms with E-state index in [9.17, 15) is 4.79 Å². The minimum Gasteiger partial charge on any atom is -0.497 e. The fraction of sp³-hybridized carbons (Fsp3) is 0.286. The van der Waals surface area contributed by atoms with Gasteiger partial charge in [-0.2, -0.15) is 5.10 Å². The Bertz CT molecular complexity index is 634. The molecule has 0 radical (unpaired) electrons. The molecule has 0 spiro atoms. The predicted molar refractivity (Wildman–Crippen MR) is 72.3 cm³/mol. The van der Waals surface area contributed by atoms with Gasteiger partial charge in [0.15, 0.2) is 0 Å². The Morgan fingerprint density at radius 1 is 1.35 bits per heavy atom. The Kier molecular flexibility index (Phi) is 3.06. The van der Waals surface area contributed by atoms with Gasteiger partial charge in [0.1, 0.15) is 5.75 Å². The molecular weight excluding hydrogens is 258 g/mol. The van der Waals surface area contributed by atoms with E-state index in [0.717, 1.165) is 22.7 Å². The van der Waals surface area contributed by atoms with Crippen molar-refractivity contribution in [3.05, 3.63) is 41.7 Å². The van der Waals surface area contributed by atoms with Crippen LogP contribution in [0.15, 0.2) is 30.5 Å². The number of rotatable bonds is 2. The first-order valence-corrected chi connectivity index (χ1v) is 6.37. The van der Waals surface area contributed by atoms with Crippen LogP contribution >= 0.6 is 0 Å². The molecule has 6 nitrogen and oxygen atoms in total. The quantitative estimate of drug-likeness (QED) is 0.907. The summed E-state index contributed by atoms with van der Waals surface area (Å²) in [5.41, 5.74) is 2.87. The first-order valence-electron chi connectivity index (χ1n) is 6.37. The zero-order valence-electron chi connectivity index (χ0n) is 11.1. The van der Waals surface area contributed by atoms with E-state index in [1.807, 2.05) is 30.5 Å². The van der Waals surface area contributed by atoms with E-state index < -0.39 is 6.09 Å². The van der Waals surface area contributed by atoms with Crippen molar-refractivity contribution in [3.8, 4) is 11.4 Å². The number of methoxy groups -OCH3 is 1. The predicted octanol–water partition coefficient (Wildman–Crippen LogP) is 1.92. The molecule has 1 aromatic carbocycles. The number of carbonyl (C=O) groups is 1. The van der Waals surface area contributed by atoms with E-state index in [2.05, 4.69) is 5.10 Å². The molecule has 1 N–H and O–H groups in total. The first-order chi connectivity index (χ1) is 9.67. The van der Waals surface area contributed by atoms with Crippen molar-refractivity contribution >= 4 is 6.09 Å². The van der Waals surface area contributed by atoms with Crippen molar-refractivity contribution in [1.29, 1.82) is 0 Å². The monoisotopic (exact) mass is 273 g/mol. The number of hydrogen-bond donors (Lipinski definition) is 1. The second-order valence-electron chi connectivity index (χ2n) is 4.70. The van der Waals surface area contributed by atoms with E-state index >= 15 is 0 Å². The molecule has 1 aliphatic heterocycles. The lowest BCUT2D eigenvalue weighted by molar-refractivity contribution is 0.140. The van der Waals surface area contributed by atoms with Gasteiger partial charge in [0.25, 0.3) is 0 Å². The van der Waals surface area contributed by atoms with E-state index in [0.29, 0.717) is 19.5 Å². The number of nitrogens with zero attached hydrogens (tertiary/aromatic N) is 3. The molecule has 0 saturated heterocycles. The summed E-state index contributed by atoms with van der Waals surface area (Å²) in [6.45, 7) is 0.906. The second kappa shape index (κ2) is 4.88. The molecule has 2 aromatic rings. The Balaban J connectivity index is 1.87. The van der Waals surface area contributed by atoms with Gasteiger partial charge in [0.2, 0.25) is 0 Å². The van der Waals surface area contributed by atoms with Crippen molar-refractivity contribution in [2.45, 2.75) is 13.0 Å². The number of fused-ring (bicyclic) bond motifs is 1. The molecule has 0 fully saturated rings. The first kappa shape index (κ1) is 12.5. The summed E-state index contributed by atoms with van der Waals surface area (Å²) in [5, 5.41) is 13.6. The van der Waals surface area contributed by atoms with E-state index in [1.54, 1.807) is 11.8 Å². The summed E-state index contributed by atoms with van der Waals surface area (Å²) in [6, 6.07) is 7.59. The van der Waals surface area contributed by atoms with Crippen molar-refractivity contribution < 1.29 is 14.6 Å². The van der Waals surface area contributed by atoms with Crippen LogP contribution in [0, 0.1) is 0 Å². The number of hydrogen-bond acceptors (Lipinski definition) is 3. The summed E-state index contributed by atoms with van der Waals surface area (Å²) >= 11 is 0. The lowest BCUT2D eigenvalue weighted by atomic mass is 10.1. The highest BCUT2D eigenvalue weighted by Gasteiger charge is 2.22. The molecule has 6 heteroatoms. The Labute approximate surface area is 116 Å². The maximum atomic E-state index is 11.0. The van der Waals surface area contributed by atoms with Crippen LogP contribution in [0.3, 0.4) is 0 Å². The molecule has 0 bridgehead atoms. The van der Waals surface area contributed by atoms with Gasteiger partial charge in [-0.3, -0.25) is 0 Å². The third-order valence-electron chi connectivity index (χ3n) is 3.46. The molecular formula is C14H15N3O3. The SMILES string of the molecule is COc1ccc(-n2cc3c(n2)CCN(C(=O)O)C3)cc1. The Morgan fingerprint density at radius 2 is 2.10 bits per heavy atom. The molecule has 3 rings (SSSR count). The molecule has 0 aliphatic carbocycles. The van der Waals surface area contributed by atoms with Gasteiger partial charge in [-0.25, -0.2) is 9.48 Å². The number of ether oxygens (including phenoxy) is 1. The molecule has 1 aliphatic rings. The molecule has 1 amide bonds. The third-order valence-corrected chi connectivity index (χ3v) is 3.46. The number of carboxylic acid groups (broad SMARTS) is 1. The van der Waals surface area contributed by atoms with E-state index in [1.165, 1.54) is 4.90 Å². The molecule has 2 heterocycles. The van der Waals surface area contributed by atoms with Crippen LogP contribution in [0.2, 0.25) is 0 Å². The Morgan fingerprint density at radius 3 is 2.75 bits per heavy atom. The van der Waals surface area contributed by atoms with Gasteiger partial charge in [-0.1, -0.05) is 0 Å². The molecule has 104 valence electrons. The van der Waals surface area contributed by atoms with Crippen LogP contribution in [0.5, 0.6) is 5.75 Å². The molecule has 0 saturated carbocycles. The summed E-state index contributed by atoms with van der Waals surface area (Å²) in [7, 11) is 1.63. The highest BCUT2D eigenvalue weighted by molar-refractivity contribution is 5.65. The number of amides is 1. The summed E-state index contributed by atoms with van der Waals surface area (Å²) < 4.78 is 6.91. The normalized spacial score (nSPS) is 13.9. The second-order valence-corrected chi connectivity index (χ2v) is 4.70. The standard InChI is InChI=1S/C14H15N3O3/c1-20-12-4-2-11(3-5-12)17-9-10-8-16(14(18)19)7-6-13(10)15-17/h2-5,9H,6-8H2,1H3,(H,18,19). The van der Waals surface area contributed by atoms with E-state index in [4.69, 9.17) is 9.84 Å². The number of benzene rings is 1. The highest BCUT2D eigenvalue weighted by atomic mass is 16.5. The van der Waals surface area contributed by atoms with Crippen LogP contribution in [-0.4, -0.2) is 39.5 Å². The fourth-order valence-electron chi connectivity index (χ4n) is 2.34. The van der Waals surface area contributed by atoms with Gasteiger partial charge in [0, 0.05) is 24.7 Å². The summed E-state index contributed by atoms with van der Waals surface area (Å²) in [6.07, 6.45) is 1.67. The minimum atomic E-state index is -0.882. The van der Waals surface area contributed by atoms with Gasteiger partial charge in [-0.15, -0.1) is 0 Å². The van der Waals surface area contributed by atoms with Crippen LogP contribution < -0.4 is 4.74 Å². The maximum Gasteiger partial charge on any atom is 0.407 e. The largest absolute Gasteiger partial charge is 0.497 e. The van der Waals surface area contributed by atoms with Crippen molar-refractivity contribution in [2.75, 3.05) is 13.7 Å². The van der Waals surface area contributed by atoms with Gasteiger partial charge in [-0.05, 0) is 24.3 Å². The zero-order valence-corrected chi connectivity index (χ0v) is 11.1. The average molecular weight is 273 g/mol. The smallest absolute Gasteiger partial charge is 0.407 e. The molecule has 0 atom stereocenters.